The Balaban J connectivity index is 1.60. The van der Waals surface area contributed by atoms with Gasteiger partial charge in [-0.1, -0.05) is 41.9 Å². The summed E-state index contributed by atoms with van der Waals surface area (Å²) >= 11 is 6.15. The van der Waals surface area contributed by atoms with Crippen molar-refractivity contribution in [3.63, 3.8) is 0 Å². The van der Waals surface area contributed by atoms with Gasteiger partial charge in [-0.05, 0) is 24.3 Å². The SMILES string of the molecule is COc1ccccc1NCC(=O)N/N=C\c1cc2ccccc2nc1Cl. The monoisotopic (exact) mass is 368 g/mol. The van der Waals surface area contributed by atoms with Crippen molar-refractivity contribution < 1.29 is 9.53 Å². The van der Waals surface area contributed by atoms with E-state index in [-0.39, 0.29) is 12.5 Å². The van der Waals surface area contributed by atoms with Crippen LogP contribution in [-0.2, 0) is 4.79 Å². The summed E-state index contributed by atoms with van der Waals surface area (Å²) in [6, 6.07) is 16.9. The highest BCUT2D eigenvalue weighted by Crippen LogP contribution is 2.22. The fourth-order valence-electron chi connectivity index (χ4n) is 2.38. The first-order valence-corrected chi connectivity index (χ1v) is 8.29. The van der Waals surface area contributed by atoms with Gasteiger partial charge in [-0.2, -0.15) is 5.10 Å². The first-order valence-electron chi connectivity index (χ1n) is 7.91. The number of carbonyl (C=O) groups is 1. The lowest BCUT2D eigenvalue weighted by Gasteiger charge is -2.09. The third kappa shape index (κ3) is 4.29. The predicted octanol–water partition coefficient (Wildman–Crippen LogP) is 3.46. The van der Waals surface area contributed by atoms with E-state index in [0.717, 1.165) is 16.6 Å². The zero-order valence-corrected chi connectivity index (χ0v) is 14.8. The lowest BCUT2D eigenvalue weighted by atomic mass is 10.2. The van der Waals surface area contributed by atoms with Crippen LogP contribution in [0.5, 0.6) is 5.75 Å². The molecule has 7 heteroatoms. The Kier molecular flexibility index (Phi) is 5.66. The fourth-order valence-corrected chi connectivity index (χ4v) is 2.57. The summed E-state index contributed by atoms with van der Waals surface area (Å²) in [7, 11) is 1.58. The molecule has 26 heavy (non-hydrogen) atoms. The van der Waals surface area contributed by atoms with Gasteiger partial charge in [0.2, 0.25) is 0 Å². The van der Waals surface area contributed by atoms with Gasteiger partial charge in [0.25, 0.3) is 5.91 Å². The summed E-state index contributed by atoms with van der Waals surface area (Å²) in [6.07, 6.45) is 1.47. The van der Waals surface area contributed by atoms with E-state index in [4.69, 9.17) is 16.3 Å². The van der Waals surface area contributed by atoms with E-state index in [2.05, 4.69) is 20.8 Å². The van der Waals surface area contributed by atoms with Crippen LogP contribution in [0.15, 0.2) is 59.7 Å². The van der Waals surface area contributed by atoms with Gasteiger partial charge in [-0.15, -0.1) is 0 Å². The van der Waals surface area contributed by atoms with E-state index in [1.165, 1.54) is 6.21 Å². The van der Waals surface area contributed by atoms with Crippen LogP contribution in [0.25, 0.3) is 10.9 Å². The lowest BCUT2D eigenvalue weighted by molar-refractivity contribution is -0.119. The van der Waals surface area contributed by atoms with Crippen molar-refractivity contribution in [3.8, 4) is 5.75 Å². The number of rotatable bonds is 6. The van der Waals surface area contributed by atoms with Crippen LogP contribution in [0, 0.1) is 0 Å². The average molecular weight is 369 g/mol. The number of halogens is 1. The number of fused-ring (bicyclic) bond motifs is 1. The summed E-state index contributed by atoms with van der Waals surface area (Å²) in [6.45, 7) is 0.0570. The van der Waals surface area contributed by atoms with E-state index < -0.39 is 0 Å². The molecule has 3 rings (SSSR count). The Morgan fingerprint density at radius 3 is 2.85 bits per heavy atom. The number of pyridine rings is 1. The van der Waals surface area contributed by atoms with Gasteiger partial charge >= 0.3 is 0 Å². The molecule has 0 fully saturated rings. The molecule has 0 unspecified atom stereocenters. The van der Waals surface area contributed by atoms with Crippen LogP contribution in [0.4, 0.5) is 5.69 Å². The molecule has 0 aliphatic heterocycles. The number of para-hydroxylation sites is 3. The molecule has 132 valence electrons. The highest BCUT2D eigenvalue weighted by atomic mass is 35.5. The Bertz CT molecular complexity index is 959. The molecule has 0 aliphatic rings. The summed E-state index contributed by atoms with van der Waals surface area (Å²) in [5.74, 6) is 0.370. The molecule has 0 spiro atoms. The van der Waals surface area contributed by atoms with Crippen LogP contribution in [0.2, 0.25) is 5.15 Å². The van der Waals surface area contributed by atoms with Gasteiger partial charge in [0.15, 0.2) is 0 Å². The molecule has 1 heterocycles. The molecule has 1 aromatic heterocycles. The summed E-state index contributed by atoms with van der Waals surface area (Å²) in [5.41, 5.74) is 4.62. The second kappa shape index (κ2) is 8.31. The molecule has 0 atom stereocenters. The molecular formula is C19H17ClN4O2. The van der Waals surface area contributed by atoms with Crippen molar-refractivity contribution in [1.29, 1.82) is 0 Å². The standard InChI is InChI=1S/C19H17ClN4O2/c1-26-17-9-5-4-8-16(17)21-12-18(25)24-22-11-14-10-13-6-2-3-7-15(13)23-19(14)20/h2-11,21H,12H2,1H3,(H,24,25)/b22-11-. The zero-order valence-electron chi connectivity index (χ0n) is 14.1. The molecule has 0 bridgehead atoms. The van der Waals surface area contributed by atoms with E-state index >= 15 is 0 Å². The minimum atomic E-state index is -0.294. The molecule has 1 amide bonds. The van der Waals surface area contributed by atoms with Crippen LogP contribution < -0.4 is 15.5 Å². The third-order valence-electron chi connectivity index (χ3n) is 3.64. The molecule has 2 N–H and O–H groups in total. The normalized spacial score (nSPS) is 10.8. The number of hydrogen-bond acceptors (Lipinski definition) is 5. The number of benzene rings is 2. The molecule has 0 saturated carbocycles. The maximum atomic E-state index is 11.9. The van der Waals surface area contributed by atoms with E-state index in [1.807, 2.05) is 54.6 Å². The first kappa shape index (κ1) is 17.7. The maximum Gasteiger partial charge on any atom is 0.259 e. The number of anilines is 1. The van der Waals surface area contributed by atoms with E-state index in [9.17, 15) is 4.79 Å². The molecular weight excluding hydrogens is 352 g/mol. The number of carbonyl (C=O) groups excluding carboxylic acids is 1. The number of ether oxygens (including phenoxy) is 1. The van der Waals surface area contributed by atoms with E-state index in [1.54, 1.807) is 7.11 Å². The fraction of sp³-hybridized carbons (Fsp3) is 0.105. The molecule has 3 aromatic rings. The highest BCUT2D eigenvalue weighted by molar-refractivity contribution is 6.32. The van der Waals surface area contributed by atoms with Gasteiger partial charge in [0, 0.05) is 10.9 Å². The predicted molar refractivity (Wildman–Crippen MR) is 104 cm³/mol. The van der Waals surface area contributed by atoms with Crippen LogP contribution in [-0.4, -0.2) is 30.8 Å². The Hall–Kier alpha value is -3.12. The lowest BCUT2D eigenvalue weighted by Crippen LogP contribution is -2.26. The Morgan fingerprint density at radius 1 is 1.23 bits per heavy atom. The minimum absolute atomic E-state index is 0.0570. The third-order valence-corrected chi connectivity index (χ3v) is 3.95. The number of hydrazone groups is 1. The van der Waals surface area contributed by atoms with Crippen molar-refractivity contribution in [1.82, 2.24) is 10.4 Å². The molecule has 0 radical (unpaired) electrons. The van der Waals surface area contributed by atoms with Gasteiger partial charge in [0.05, 0.1) is 31.1 Å². The van der Waals surface area contributed by atoms with Gasteiger partial charge in [0.1, 0.15) is 10.9 Å². The van der Waals surface area contributed by atoms with Crippen molar-refractivity contribution in [2.45, 2.75) is 0 Å². The van der Waals surface area contributed by atoms with Crippen LogP contribution in [0.1, 0.15) is 5.56 Å². The Morgan fingerprint density at radius 2 is 2.00 bits per heavy atom. The Labute approximate surface area is 155 Å². The number of hydrogen-bond donors (Lipinski definition) is 2. The second-order valence-corrected chi connectivity index (χ2v) is 5.77. The molecule has 0 aliphatic carbocycles. The quantitative estimate of drug-likeness (QED) is 0.397. The average Bonchev–Trinajstić information content (AvgIpc) is 2.67. The molecule has 6 nitrogen and oxygen atoms in total. The van der Waals surface area contributed by atoms with Gasteiger partial charge < -0.3 is 10.1 Å². The van der Waals surface area contributed by atoms with Crippen LogP contribution >= 0.6 is 11.6 Å². The largest absolute Gasteiger partial charge is 0.495 e. The minimum Gasteiger partial charge on any atom is -0.495 e. The topological polar surface area (TPSA) is 75.6 Å². The van der Waals surface area contributed by atoms with Gasteiger partial charge in [-0.3, -0.25) is 4.79 Å². The van der Waals surface area contributed by atoms with Crippen molar-refractivity contribution in [2.75, 3.05) is 19.0 Å². The molecule has 2 aromatic carbocycles. The first-order chi connectivity index (χ1) is 12.7. The van der Waals surface area contributed by atoms with Crippen molar-refractivity contribution in [3.05, 3.63) is 65.3 Å². The van der Waals surface area contributed by atoms with E-state index in [0.29, 0.717) is 16.5 Å². The van der Waals surface area contributed by atoms with Crippen LogP contribution in [0.3, 0.4) is 0 Å². The smallest absolute Gasteiger partial charge is 0.259 e. The zero-order chi connectivity index (χ0) is 18.4. The number of nitrogens with one attached hydrogen (secondary N) is 2. The van der Waals surface area contributed by atoms with Gasteiger partial charge in [-0.25, -0.2) is 10.4 Å². The molecule has 0 saturated heterocycles. The summed E-state index contributed by atoms with van der Waals surface area (Å²) in [4.78, 5) is 16.2. The number of methoxy groups -OCH3 is 1. The summed E-state index contributed by atoms with van der Waals surface area (Å²) < 4.78 is 5.22. The summed E-state index contributed by atoms with van der Waals surface area (Å²) in [5, 5.41) is 8.22. The van der Waals surface area contributed by atoms with Crippen molar-refractivity contribution in [2.24, 2.45) is 5.10 Å². The maximum absolute atomic E-state index is 11.9. The number of aromatic nitrogens is 1. The van der Waals surface area contributed by atoms with Crippen molar-refractivity contribution >= 4 is 40.3 Å². The number of nitrogens with zero attached hydrogens (tertiary/aromatic N) is 2. The highest BCUT2D eigenvalue weighted by Gasteiger charge is 2.05. The number of amides is 1. The second-order valence-electron chi connectivity index (χ2n) is 5.41.